The van der Waals surface area contributed by atoms with Crippen molar-refractivity contribution in [2.24, 2.45) is 21.7 Å². The molecule has 0 fully saturated rings. The molecule has 2 atom stereocenters. The van der Waals surface area contributed by atoms with E-state index in [4.69, 9.17) is 34.2 Å². The van der Waals surface area contributed by atoms with Gasteiger partial charge in [-0.3, -0.25) is 15.4 Å². The molecule has 0 bridgehead atoms. The highest BCUT2D eigenvalue weighted by atomic mass is 32.1. The smallest absolute Gasteiger partial charge is 0.184 e. The number of nitrogens with two attached hydrogens (primary N) is 3. The van der Waals surface area contributed by atoms with Gasteiger partial charge in [0.05, 0.1) is 25.4 Å². The van der Waals surface area contributed by atoms with Crippen molar-refractivity contribution in [1.29, 1.82) is 0 Å². The molecule has 15 heteroatoms. The number of hydrazone groups is 2. The van der Waals surface area contributed by atoms with E-state index in [2.05, 4.69) is 48.2 Å². The second kappa shape index (κ2) is 9.62. The maximum absolute atomic E-state index is 9.53. The highest BCUT2D eigenvalue weighted by Crippen LogP contribution is 2.19. The number of nitrogen functional groups attached to an aromatic ring is 1. The van der Waals surface area contributed by atoms with E-state index >= 15 is 0 Å². The van der Waals surface area contributed by atoms with Crippen molar-refractivity contribution >= 4 is 64.1 Å². The van der Waals surface area contributed by atoms with Crippen LogP contribution in [0.25, 0.3) is 11.2 Å². The predicted octanol–water partition coefficient (Wildman–Crippen LogP) is -2.08. The van der Waals surface area contributed by atoms with Crippen LogP contribution in [-0.2, 0) is 4.74 Å². The Morgan fingerprint density at radius 2 is 1.89 bits per heavy atom. The highest BCUT2D eigenvalue weighted by Gasteiger charge is 2.19. The van der Waals surface area contributed by atoms with E-state index in [1.165, 1.54) is 29.7 Å². The molecule has 27 heavy (non-hydrogen) atoms. The van der Waals surface area contributed by atoms with E-state index in [0.29, 0.717) is 11.2 Å². The highest BCUT2D eigenvalue weighted by molar-refractivity contribution is 7.80. The molecule has 0 unspecified atom stereocenters. The number of aliphatic hydroxyl groups excluding tert-OH is 1. The number of fused-ring (bicyclic) bond motifs is 1. The molecule has 0 saturated carbocycles. The first kappa shape index (κ1) is 20.3. The molecule has 2 aromatic heterocycles. The Morgan fingerprint density at radius 3 is 2.52 bits per heavy atom. The molecule has 0 aliphatic rings. The molecule has 9 N–H and O–H groups in total. The fourth-order valence-electron chi connectivity index (χ4n) is 1.88. The van der Waals surface area contributed by atoms with Gasteiger partial charge in [-0.2, -0.15) is 10.2 Å². The van der Waals surface area contributed by atoms with Crippen LogP contribution in [0.3, 0.4) is 0 Å². The zero-order valence-corrected chi connectivity index (χ0v) is 15.4. The Balaban J connectivity index is 2.31. The SMILES string of the molecule is NC(=S)N/N=C\[C@@H](O[C@H](/C=N/NC(N)=S)CO)n1cnc2c(N)ncnc21. The normalized spacial score (nSPS) is 13.8. The molecule has 0 aliphatic carbocycles. The topological polar surface area (TPSA) is 200 Å². The lowest BCUT2D eigenvalue weighted by atomic mass is 10.4. The zero-order valence-electron chi connectivity index (χ0n) is 13.8. The average molecular weight is 411 g/mol. The summed E-state index contributed by atoms with van der Waals surface area (Å²) in [5, 5.41) is 17.1. The second-order valence-corrected chi connectivity index (χ2v) is 5.72. The molecule has 0 radical (unpaired) electrons. The van der Waals surface area contributed by atoms with Gasteiger partial charge in [-0.05, 0) is 24.4 Å². The summed E-state index contributed by atoms with van der Waals surface area (Å²) in [6, 6.07) is 0. The number of hydrogen-bond donors (Lipinski definition) is 6. The van der Waals surface area contributed by atoms with Crippen LogP contribution >= 0.6 is 24.4 Å². The van der Waals surface area contributed by atoms with Gasteiger partial charge in [0.2, 0.25) is 0 Å². The number of hydrogen-bond acceptors (Lipinski definition) is 10. The summed E-state index contributed by atoms with van der Waals surface area (Å²) in [7, 11) is 0. The van der Waals surface area contributed by atoms with Gasteiger partial charge in [0.1, 0.15) is 17.9 Å². The van der Waals surface area contributed by atoms with Gasteiger partial charge in [0.25, 0.3) is 0 Å². The van der Waals surface area contributed by atoms with Gasteiger partial charge in [0, 0.05) is 0 Å². The van der Waals surface area contributed by atoms with Crippen LogP contribution in [0.5, 0.6) is 0 Å². The van der Waals surface area contributed by atoms with E-state index in [-0.39, 0.29) is 22.6 Å². The largest absolute Gasteiger partial charge is 0.393 e. The van der Waals surface area contributed by atoms with Crippen molar-refractivity contribution in [2.75, 3.05) is 12.3 Å². The van der Waals surface area contributed by atoms with Crippen LogP contribution in [0.2, 0.25) is 0 Å². The summed E-state index contributed by atoms with van der Waals surface area (Å²) in [6.07, 6.45) is 3.63. The minimum Gasteiger partial charge on any atom is -0.393 e. The Bertz CT molecular complexity index is 868. The number of ether oxygens (including phenoxy) is 1. The van der Waals surface area contributed by atoms with Crippen LogP contribution in [0, 0.1) is 0 Å². The van der Waals surface area contributed by atoms with Crippen LogP contribution in [-0.4, -0.2) is 60.0 Å². The Kier molecular flexibility index (Phi) is 7.24. The van der Waals surface area contributed by atoms with Crippen molar-refractivity contribution in [3.8, 4) is 0 Å². The molecule has 0 aliphatic heterocycles. The number of aromatic nitrogens is 4. The monoisotopic (exact) mass is 411 g/mol. The summed E-state index contributed by atoms with van der Waals surface area (Å²) in [4.78, 5) is 12.2. The predicted molar refractivity (Wildman–Crippen MR) is 108 cm³/mol. The van der Waals surface area contributed by atoms with Gasteiger partial charge in [-0.15, -0.1) is 0 Å². The zero-order chi connectivity index (χ0) is 19.8. The number of rotatable bonds is 8. The molecule has 0 aromatic carbocycles. The first-order valence-electron chi connectivity index (χ1n) is 7.29. The van der Waals surface area contributed by atoms with Gasteiger partial charge in [-0.25, -0.2) is 15.0 Å². The second-order valence-electron chi connectivity index (χ2n) is 4.84. The summed E-state index contributed by atoms with van der Waals surface area (Å²) in [5.41, 5.74) is 22.0. The third-order valence-electron chi connectivity index (χ3n) is 2.95. The van der Waals surface area contributed by atoms with E-state index in [1.54, 1.807) is 0 Å². The fourth-order valence-corrected chi connectivity index (χ4v) is 1.99. The number of anilines is 1. The lowest BCUT2D eigenvalue weighted by molar-refractivity contribution is 0.00129. The summed E-state index contributed by atoms with van der Waals surface area (Å²) in [6.45, 7) is -0.390. The lowest BCUT2D eigenvalue weighted by Crippen LogP contribution is -2.30. The summed E-state index contributed by atoms with van der Waals surface area (Å²) in [5.74, 6) is 0.205. The van der Waals surface area contributed by atoms with E-state index < -0.39 is 12.3 Å². The van der Waals surface area contributed by atoms with Crippen molar-refractivity contribution < 1.29 is 9.84 Å². The minimum absolute atomic E-state index is 0.0329. The number of aliphatic hydroxyl groups is 1. The molecular formula is C12H17N11O2S2. The van der Waals surface area contributed by atoms with Gasteiger partial charge in [-0.1, -0.05) is 0 Å². The van der Waals surface area contributed by atoms with Crippen LogP contribution < -0.4 is 28.1 Å². The molecule has 144 valence electrons. The lowest BCUT2D eigenvalue weighted by Gasteiger charge is -2.19. The summed E-state index contributed by atoms with van der Waals surface area (Å²) >= 11 is 9.34. The third-order valence-corrected chi connectivity index (χ3v) is 3.13. The van der Waals surface area contributed by atoms with E-state index in [9.17, 15) is 5.11 Å². The number of thiocarbonyl (C=S) groups is 2. The average Bonchev–Trinajstić information content (AvgIpc) is 3.04. The van der Waals surface area contributed by atoms with Gasteiger partial charge < -0.3 is 27.0 Å². The molecule has 2 aromatic rings. The number of imidazole rings is 1. The molecule has 0 amide bonds. The molecular weight excluding hydrogens is 394 g/mol. The fraction of sp³-hybridized carbons (Fsp3) is 0.250. The molecule has 13 nitrogen and oxygen atoms in total. The third kappa shape index (κ3) is 5.74. The molecule has 2 rings (SSSR count). The Labute approximate surface area is 163 Å². The quantitative estimate of drug-likeness (QED) is 0.158. The standard InChI is InChI=1S/C12H17N11O2S2/c13-9-8-10(17-4-16-9)23(5-18-8)7(2-20-22-12(15)27)25-6(3-24)1-19-21-11(14)26/h1-2,4-7,24H,3H2,(H2,13,16,17)(H3,14,21,26)(H3,15,22,27)/b19-1+,20-2-/t6-,7-/m1/s1. The van der Waals surface area contributed by atoms with Crippen LogP contribution in [0.1, 0.15) is 6.23 Å². The van der Waals surface area contributed by atoms with Gasteiger partial charge in [0.15, 0.2) is 27.9 Å². The molecule has 0 saturated heterocycles. The Hall–Kier alpha value is -3.01. The Morgan fingerprint density at radius 1 is 1.22 bits per heavy atom. The number of nitrogens with zero attached hydrogens (tertiary/aromatic N) is 6. The number of nitrogens with one attached hydrogen (secondary N) is 2. The maximum atomic E-state index is 9.53. The van der Waals surface area contributed by atoms with E-state index in [0.717, 1.165) is 0 Å². The molecule has 2 heterocycles. The van der Waals surface area contributed by atoms with Crippen molar-refractivity contribution in [2.45, 2.75) is 12.3 Å². The van der Waals surface area contributed by atoms with Crippen molar-refractivity contribution in [3.63, 3.8) is 0 Å². The van der Waals surface area contributed by atoms with Gasteiger partial charge >= 0.3 is 0 Å². The first-order chi connectivity index (χ1) is 12.9. The van der Waals surface area contributed by atoms with Crippen molar-refractivity contribution in [3.05, 3.63) is 12.7 Å². The van der Waals surface area contributed by atoms with E-state index in [1.807, 2.05) is 0 Å². The summed E-state index contributed by atoms with van der Waals surface area (Å²) < 4.78 is 7.30. The van der Waals surface area contributed by atoms with Crippen molar-refractivity contribution in [1.82, 2.24) is 30.4 Å². The molecule has 0 spiro atoms. The maximum Gasteiger partial charge on any atom is 0.184 e. The van der Waals surface area contributed by atoms with Crippen LogP contribution in [0.15, 0.2) is 22.9 Å². The van der Waals surface area contributed by atoms with Crippen LogP contribution in [0.4, 0.5) is 5.82 Å². The minimum atomic E-state index is -0.875. The first-order valence-corrected chi connectivity index (χ1v) is 8.10.